The Balaban J connectivity index is 1.97. The van der Waals surface area contributed by atoms with Crippen molar-refractivity contribution in [1.82, 2.24) is 15.3 Å². The second kappa shape index (κ2) is 5.38. The Morgan fingerprint density at radius 1 is 1.35 bits per heavy atom. The van der Waals surface area contributed by atoms with Crippen molar-refractivity contribution in [2.24, 2.45) is 0 Å². The Kier molecular flexibility index (Phi) is 3.86. The van der Waals surface area contributed by atoms with Crippen molar-refractivity contribution in [3.8, 4) is 0 Å². The summed E-state index contributed by atoms with van der Waals surface area (Å²) in [5.74, 6) is 0. The molecule has 0 amide bonds. The zero-order chi connectivity index (χ0) is 12.3. The van der Waals surface area contributed by atoms with Gasteiger partial charge in [-0.05, 0) is 32.4 Å². The summed E-state index contributed by atoms with van der Waals surface area (Å²) in [6.45, 7) is 7.09. The van der Waals surface area contributed by atoms with Gasteiger partial charge in [0.05, 0.1) is 11.7 Å². The van der Waals surface area contributed by atoms with E-state index < -0.39 is 0 Å². The summed E-state index contributed by atoms with van der Waals surface area (Å²) in [7, 11) is 0. The monoisotopic (exact) mass is 247 g/mol. The van der Waals surface area contributed by atoms with Crippen LogP contribution >= 0.6 is 11.3 Å². The van der Waals surface area contributed by atoms with Crippen molar-refractivity contribution < 1.29 is 0 Å². The molecule has 3 nitrogen and oxygen atoms in total. The van der Waals surface area contributed by atoms with Crippen molar-refractivity contribution >= 4 is 11.3 Å². The summed E-state index contributed by atoms with van der Waals surface area (Å²) in [6.07, 6.45) is 3.76. The zero-order valence-electron chi connectivity index (χ0n) is 10.4. The zero-order valence-corrected chi connectivity index (χ0v) is 11.2. The first-order valence-electron chi connectivity index (χ1n) is 5.73. The van der Waals surface area contributed by atoms with Crippen molar-refractivity contribution in [2.75, 3.05) is 0 Å². The summed E-state index contributed by atoms with van der Waals surface area (Å²) in [4.78, 5) is 10.0. The topological polar surface area (TPSA) is 37.8 Å². The van der Waals surface area contributed by atoms with E-state index in [9.17, 15) is 0 Å². The molecule has 17 heavy (non-hydrogen) atoms. The molecule has 1 unspecified atom stereocenters. The van der Waals surface area contributed by atoms with E-state index in [-0.39, 0.29) is 6.04 Å². The van der Waals surface area contributed by atoms with Gasteiger partial charge in [0.1, 0.15) is 5.01 Å². The maximum atomic E-state index is 4.39. The average molecular weight is 247 g/mol. The van der Waals surface area contributed by atoms with Crippen LogP contribution in [0, 0.1) is 13.8 Å². The number of hydrogen-bond acceptors (Lipinski definition) is 4. The van der Waals surface area contributed by atoms with Gasteiger partial charge < -0.3 is 5.32 Å². The molecule has 0 aliphatic heterocycles. The van der Waals surface area contributed by atoms with E-state index in [0.29, 0.717) is 0 Å². The molecule has 2 aromatic heterocycles. The number of nitrogens with zero attached hydrogens (tertiary/aromatic N) is 2. The van der Waals surface area contributed by atoms with E-state index >= 15 is 0 Å². The highest BCUT2D eigenvalue weighted by Gasteiger charge is 2.09. The van der Waals surface area contributed by atoms with Crippen LogP contribution in [0.4, 0.5) is 0 Å². The van der Waals surface area contributed by atoms with Crippen LogP contribution in [0.25, 0.3) is 0 Å². The normalized spacial score (nSPS) is 12.6. The number of thiazole rings is 1. The van der Waals surface area contributed by atoms with Gasteiger partial charge in [0.15, 0.2) is 0 Å². The predicted octanol–water partition coefficient (Wildman–Crippen LogP) is 3.01. The van der Waals surface area contributed by atoms with Gasteiger partial charge in [-0.25, -0.2) is 4.98 Å². The summed E-state index contributed by atoms with van der Waals surface area (Å²) in [5, 5.41) is 4.59. The van der Waals surface area contributed by atoms with Gasteiger partial charge in [0.2, 0.25) is 0 Å². The molecule has 0 aliphatic carbocycles. The maximum Gasteiger partial charge on any atom is 0.109 e. The van der Waals surface area contributed by atoms with Gasteiger partial charge >= 0.3 is 0 Å². The molecular weight excluding hydrogens is 230 g/mol. The lowest BCUT2D eigenvalue weighted by molar-refractivity contribution is 0.563. The smallest absolute Gasteiger partial charge is 0.109 e. The first kappa shape index (κ1) is 12.2. The lowest BCUT2D eigenvalue weighted by Crippen LogP contribution is -2.19. The molecule has 2 aromatic rings. The first-order valence-corrected chi connectivity index (χ1v) is 6.54. The number of hydrogen-bond donors (Lipinski definition) is 1. The summed E-state index contributed by atoms with van der Waals surface area (Å²) >= 11 is 1.74. The van der Waals surface area contributed by atoms with E-state index in [1.165, 1.54) is 10.4 Å². The second-order valence-electron chi connectivity index (χ2n) is 4.18. The number of nitrogens with one attached hydrogen (secondary N) is 1. The number of rotatable bonds is 4. The molecular formula is C13H17N3S. The molecule has 0 aromatic carbocycles. The lowest BCUT2D eigenvalue weighted by Gasteiger charge is -2.11. The first-order chi connectivity index (χ1) is 8.16. The fourth-order valence-corrected chi connectivity index (χ4v) is 2.41. The Bertz CT molecular complexity index is 493. The Morgan fingerprint density at radius 3 is 2.82 bits per heavy atom. The highest BCUT2D eigenvalue weighted by atomic mass is 32.1. The molecule has 90 valence electrons. The van der Waals surface area contributed by atoms with Gasteiger partial charge in [0.25, 0.3) is 0 Å². The minimum absolute atomic E-state index is 0.273. The second-order valence-corrected chi connectivity index (χ2v) is 5.45. The van der Waals surface area contributed by atoms with Crippen LogP contribution in [0.5, 0.6) is 0 Å². The van der Waals surface area contributed by atoms with E-state index in [4.69, 9.17) is 0 Å². The van der Waals surface area contributed by atoms with E-state index in [0.717, 1.165) is 17.2 Å². The highest BCUT2D eigenvalue weighted by molar-refractivity contribution is 7.11. The minimum Gasteiger partial charge on any atom is -0.302 e. The quantitative estimate of drug-likeness (QED) is 0.902. The molecule has 2 heterocycles. The predicted molar refractivity (Wildman–Crippen MR) is 71.1 cm³/mol. The molecule has 0 radical (unpaired) electrons. The largest absolute Gasteiger partial charge is 0.302 e. The van der Waals surface area contributed by atoms with Crippen LogP contribution in [0.1, 0.15) is 34.1 Å². The summed E-state index contributed by atoms with van der Waals surface area (Å²) < 4.78 is 0. The molecule has 1 N–H and O–H groups in total. The standard InChI is InChI=1S/C13H17N3S/c1-9-5-4-6-14-12(9)8-15-11(3)13-16-7-10(2)17-13/h4-7,11,15H,8H2,1-3H3. The van der Waals surface area contributed by atoms with Gasteiger partial charge in [0, 0.05) is 23.8 Å². The van der Waals surface area contributed by atoms with Crippen molar-refractivity contribution in [3.63, 3.8) is 0 Å². The molecule has 0 bridgehead atoms. The van der Waals surface area contributed by atoms with Crippen molar-refractivity contribution in [3.05, 3.63) is 45.7 Å². The van der Waals surface area contributed by atoms with Gasteiger partial charge in [-0.2, -0.15) is 0 Å². The van der Waals surface area contributed by atoms with Crippen LogP contribution in [-0.4, -0.2) is 9.97 Å². The van der Waals surface area contributed by atoms with E-state index in [2.05, 4.69) is 42.1 Å². The molecule has 0 spiro atoms. The third-order valence-electron chi connectivity index (χ3n) is 2.70. The van der Waals surface area contributed by atoms with Crippen LogP contribution in [0.15, 0.2) is 24.5 Å². The average Bonchev–Trinajstić information content (AvgIpc) is 2.74. The minimum atomic E-state index is 0.273. The molecule has 0 fully saturated rings. The fraction of sp³-hybridized carbons (Fsp3) is 0.385. The molecule has 1 atom stereocenters. The number of aromatic nitrogens is 2. The third-order valence-corrected chi connectivity index (χ3v) is 3.80. The molecule has 0 saturated carbocycles. The van der Waals surface area contributed by atoms with Crippen LogP contribution in [0.3, 0.4) is 0 Å². The summed E-state index contributed by atoms with van der Waals surface area (Å²) in [6, 6.07) is 4.32. The Labute approximate surface area is 106 Å². The SMILES string of the molecule is Cc1cnc(C(C)NCc2ncccc2C)s1. The summed E-state index contributed by atoms with van der Waals surface area (Å²) in [5.41, 5.74) is 2.33. The number of aryl methyl sites for hydroxylation is 2. The van der Waals surface area contributed by atoms with Crippen LogP contribution in [0.2, 0.25) is 0 Å². The Morgan fingerprint density at radius 2 is 2.18 bits per heavy atom. The maximum absolute atomic E-state index is 4.39. The van der Waals surface area contributed by atoms with Crippen molar-refractivity contribution in [2.45, 2.75) is 33.4 Å². The van der Waals surface area contributed by atoms with Crippen LogP contribution < -0.4 is 5.32 Å². The molecule has 0 saturated heterocycles. The third kappa shape index (κ3) is 3.11. The Hall–Kier alpha value is -1.26. The van der Waals surface area contributed by atoms with Gasteiger partial charge in [-0.1, -0.05) is 6.07 Å². The van der Waals surface area contributed by atoms with Crippen LogP contribution in [-0.2, 0) is 6.54 Å². The molecule has 4 heteroatoms. The molecule has 2 rings (SSSR count). The van der Waals surface area contributed by atoms with E-state index in [1.807, 2.05) is 18.5 Å². The highest BCUT2D eigenvalue weighted by Crippen LogP contribution is 2.19. The van der Waals surface area contributed by atoms with Crippen molar-refractivity contribution in [1.29, 1.82) is 0 Å². The fourth-order valence-electron chi connectivity index (χ4n) is 1.61. The van der Waals surface area contributed by atoms with E-state index in [1.54, 1.807) is 11.3 Å². The molecule has 0 aliphatic rings. The number of pyridine rings is 1. The van der Waals surface area contributed by atoms with Gasteiger partial charge in [-0.3, -0.25) is 4.98 Å². The lowest BCUT2D eigenvalue weighted by atomic mass is 10.2. The van der Waals surface area contributed by atoms with Gasteiger partial charge in [-0.15, -0.1) is 11.3 Å².